The highest BCUT2D eigenvalue weighted by molar-refractivity contribution is 9.09. The number of carbonyl (C=O) groups excluding carboxylic acids is 5. The van der Waals surface area contributed by atoms with Crippen LogP contribution >= 0.6 is 15.9 Å². The highest BCUT2D eigenvalue weighted by Crippen LogP contribution is 2.37. The summed E-state index contributed by atoms with van der Waals surface area (Å²) in [6, 6.07) is 0. The summed E-state index contributed by atoms with van der Waals surface area (Å²) >= 11 is 3.28. The van der Waals surface area contributed by atoms with E-state index < -0.39 is 91.3 Å². The van der Waals surface area contributed by atoms with Gasteiger partial charge in [-0.2, -0.15) is 0 Å². The molecule has 0 amide bonds. The zero-order valence-electron chi connectivity index (χ0n) is 20.8. The molecule has 0 spiro atoms. The molecule has 208 valence electrons. The van der Waals surface area contributed by atoms with Gasteiger partial charge < -0.3 is 42.6 Å². The fourth-order valence-corrected chi connectivity index (χ4v) is 4.91. The number of carbonyl (C=O) groups is 5. The first-order chi connectivity index (χ1) is 17.4. The van der Waals surface area contributed by atoms with E-state index in [1.54, 1.807) is 0 Å². The summed E-state index contributed by atoms with van der Waals surface area (Å²) in [5.74, 6) is -3.56. The van der Waals surface area contributed by atoms with Crippen LogP contribution in [0.1, 0.15) is 34.6 Å². The van der Waals surface area contributed by atoms with Gasteiger partial charge >= 0.3 is 29.8 Å². The van der Waals surface area contributed by atoms with Gasteiger partial charge in [-0.05, 0) is 0 Å². The van der Waals surface area contributed by atoms with Crippen molar-refractivity contribution in [1.82, 2.24) is 0 Å². The monoisotopic (exact) mass is 596 g/mol. The summed E-state index contributed by atoms with van der Waals surface area (Å²) in [5, 5.41) is 0.106. The SMILES string of the molecule is CC(=O)O[C@@H]1[C@@H](OC(C)=O)[C@H](O[C@H]2[C@H](OC(C)=O)[C@@H](OC(C)=O)[C@@H]3OC[C@H]2O3)O[C@H](CBr)[C@H]1OC(C)=O. The van der Waals surface area contributed by atoms with Gasteiger partial charge in [0.25, 0.3) is 0 Å². The van der Waals surface area contributed by atoms with Crippen LogP contribution in [0.2, 0.25) is 0 Å². The smallest absolute Gasteiger partial charge is 0.303 e. The van der Waals surface area contributed by atoms with Crippen LogP contribution in [0, 0.1) is 0 Å². The van der Waals surface area contributed by atoms with Crippen LogP contribution in [0.25, 0.3) is 0 Å². The lowest BCUT2D eigenvalue weighted by molar-refractivity contribution is -0.335. The van der Waals surface area contributed by atoms with E-state index in [-0.39, 0.29) is 11.9 Å². The second-order valence-corrected chi connectivity index (χ2v) is 9.19. The molecule has 3 fully saturated rings. The van der Waals surface area contributed by atoms with E-state index in [2.05, 4.69) is 15.9 Å². The molecule has 3 aliphatic heterocycles. The molecule has 0 aromatic heterocycles. The van der Waals surface area contributed by atoms with E-state index in [1.807, 2.05) is 0 Å². The zero-order valence-corrected chi connectivity index (χ0v) is 22.4. The van der Waals surface area contributed by atoms with E-state index in [1.165, 1.54) is 13.8 Å². The third-order valence-electron chi connectivity index (χ3n) is 5.56. The lowest BCUT2D eigenvalue weighted by atomic mass is 9.97. The molecule has 10 atom stereocenters. The fourth-order valence-electron chi connectivity index (χ4n) is 4.39. The highest BCUT2D eigenvalue weighted by Gasteiger charge is 2.58. The summed E-state index contributed by atoms with van der Waals surface area (Å²) in [4.78, 5) is 59.4. The molecular formula is C22H29BrO14. The van der Waals surface area contributed by atoms with Crippen molar-refractivity contribution in [3.63, 3.8) is 0 Å². The average molecular weight is 597 g/mol. The molecule has 3 rings (SSSR count). The predicted octanol–water partition coefficient (Wildman–Crippen LogP) is -0.0950. The van der Waals surface area contributed by atoms with E-state index >= 15 is 0 Å². The molecule has 0 aliphatic carbocycles. The Balaban J connectivity index is 1.98. The summed E-state index contributed by atoms with van der Waals surface area (Å²) in [7, 11) is 0. The van der Waals surface area contributed by atoms with Gasteiger partial charge in [-0.15, -0.1) is 0 Å². The van der Waals surface area contributed by atoms with Crippen molar-refractivity contribution in [2.24, 2.45) is 0 Å². The van der Waals surface area contributed by atoms with E-state index in [0.717, 1.165) is 20.8 Å². The van der Waals surface area contributed by atoms with Gasteiger partial charge in [-0.1, -0.05) is 15.9 Å². The lowest BCUT2D eigenvalue weighted by Gasteiger charge is -2.46. The summed E-state index contributed by atoms with van der Waals surface area (Å²) in [6.45, 7) is 5.75. The first kappa shape index (κ1) is 29.2. The lowest BCUT2D eigenvalue weighted by Crippen LogP contribution is -2.65. The topological polar surface area (TPSA) is 168 Å². The maximum atomic E-state index is 12.0. The molecule has 15 heteroatoms. The van der Waals surface area contributed by atoms with Crippen LogP contribution in [-0.2, 0) is 66.6 Å². The Morgan fingerprint density at radius 3 is 1.62 bits per heavy atom. The van der Waals surface area contributed by atoms with Crippen molar-refractivity contribution in [2.45, 2.75) is 96.0 Å². The highest BCUT2D eigenvalue weighted by atomic mass is 79.9. The molecule has 0 unspecified atom stereocenters. The Labute approximate surface area is 220 Å². The molecule has 37 heavy (non-hydrogen) atoms. The predicted molar refractivity (Wildman–Crippen MR) is 120 cm³/mol. The van der Waals surface area contributed by atoms with Crippen LogP contribution in [0.5, 0.6) is 0 Å². The van der Waals surface area contributed by atoms with E-state index in [0.29, 0.717) is 0 Å². The van der Waals surface area contributed by atoms with Gasteiger partial charge in [0.1, 0.15) is 18.3 Å². The molecule has 0 radical (unpaired) electrons. The largest absolute Gasteiger partial charge is 0.456 e. The van der Waals surface area contributed by atoms with Crippen LogP contribution < -0.4 is 0 Å². The number of ether oxygens (including phenoxy) is 9. The van der Waals surface area contributed by atoms with Crippen LogP contribution in [0.15, 0.2) is 0 Å². The first-order valence-electron chi connectivity index (χ1n) is 11.4. The third kappa shape index (κ3) is 7.16. The Hall–Kier alpha value is -2.33. The quantitative estimate of drug-likeness (QED) is 0.207. The van der Waals surface area contributed by atoms with Gasteiger partial charge in [-0.3, -0.25) is 24.0 Å². The number of hydrogen-bond donors (Lipinski definition) is 0. The average Bonchev–Trinajstić information content (AvgIpc) is 3.21. The number of esters is 5. The molecule has 0 aromatic rings. The molecule has 0 aromatic carbocycles. The van der Waals surface area contributed by atoms with Crippen molar-refractivity contribution in [3.05, 3.63) is 0 Å². The minimum absolute atomic E-state index is 0.00113. The van der Waals surface area contributed by atoms with Gasteiger partial charge in [0.15, 0.2) is 43.1 Å². The maximum absolute atomic E-state index is 12.0. The zero-order chi connectivity index (χ0) is 27.4. The Bertz CT molecular complexity index is 895. The van der Waals surface area contributed by atoms with Gasteiger partial charge in [-0.25, -0.2) is 0 Å². The number of rotatable bonds is 8. The number of fused-ring (bicyclic) bond motifs is 2. The Morgan fingerprint density at radius 1 is 0.649 bits per heavy atom. The molecule has 14 nitrogen and oxygen atoms in total. The number of halogens is 1. The third-order valence-corrected chi connectivity index (χ3v) is 6.20. The van der Waals surface area contributed by atoms with Crippen LogP contribution in [-0.4, -0.2) is 103 Å². The summed E-state index contributed by atoms with van der Waals surface area (Å²) < 4.78 is 50.4. The van der Waals surface area contributed by atoms with Crippen molar-refractivity contribution in [1.29, 1.82) is 0 Å². The first-order valence-corrected chi connectivity index (χ1v) is 12.5. The maximum Gasteiger partial charge on any atom is 0.303 e. The van der Waals surface area contributed by atoms with Crippen molar-refractivity contribution >= 4 is 45.8 Å². The molecule has 0 saturated carbocycles. The van der Waals surface area contributed by atoms with Crippen LogP contribution in [0.4, 0.5) is 0 Å². The number of alkyl halides is 1. The molecule has 0 N–H and O–H groups in total. The molecule has 3 saturated heterocycles. The van der Waals surface area contributed by atoms with E-state index in [9.17, 15) is 24.0 Å². The van der Waals surface area contributed by atoms with E-state index in [4.69, 9.17) is 42.6 Å². The minimum Gasteiger partial charge on any atom is -0.456 e. The Kier molecular flexibility index (Phi) is 9.86. The summed E-state index contributed by atoms with van der Waals surface area (Å²) in [6.07, 6.45) is -11.5. The van der Waals surface area contributed by atoms with Gasteiger partial charge in [0.2, 0.25) is 0 Å². The molecule has 3 aliphatic rings. The minimum atomic E-state index is -1.43. The fraction of sp³-hybridized carbons (Fsp3) is 0.773. The second-order valence-electron chi connectivity index (χ2n) is 8.54. The molecular weight excluding hydrogens is 568 g/mol. The normalized spacial score (nSPS) is 36.7. The van der Waals surface area contributed by atoms with Crippen molar-refractivity contribution in [3.8, 4) is 0 Å². The molecule has 3 heterocycles. The van der Waals surface area contributed by atoms with Crippen molar-refractivity contribution in [2.75, 3.05) is 11.9 Å². The standard InChI is InChI=1S/C22H29BrO14/c1-8(24)30-15-13(6-23)35-22(20(34-12(5)28)17(15)31-9(2)25)37-16-14-7-29-21(36-14)19(33-11(4)27)18(16)32-10(3)26/h13-22H,6-7H2,1-5H3/t13-,14-,15-,16-,17+,18+,19-,20-,21-,22+/m1/s1. The van der Waals surface area contributed by atoms with Crippen LogP contribution in [0.3, 0.4) is 0 Å². The number of hydrogen-bond acceptors (Lipinski definition) is 14. The second kappa shape index (κ2) is 12.5. The molecule has 2 bridgehead atoms. The Morgan fingerprint density at radius 2 is 1.11 bits per heavy atom. The van der Waals surface area contributed by atoms with Gasteiger partial charge in [0, 0.05) is 39.9 Å². The summed E-state index contributed by atoms with van der Waals surface area (Å²) in [5.41, 5.74) is 0. The van der Waals surface area contributed by atoms with Gasteiger partial charge in [0.05, 0.1) is 6.61 Å². The van der Waals surface area contributed by atoms with Crippen molar-refractivity contribution < 1.29 is 66.6 Å².